The fraction of sp³-hybridized carbons (Fsp3) is 0.258. The Morgan fingerprint density at radius 1 is 1.05 bits per heavy atom. The average Bonchev–Trinajstić information content (AvgIpc) is 3.58. The van der Waals surface area contributed by atoms with Crippen LogP contribution in [0.2, 0.25) is 0 Å². The van der Waals surface area contributed by atoms with Crippen molar-refractivity contribution in [2.75, 3.05) is 11.9 Å². The van der Waals surface area contributed by atoms with Gasteiger partial charge in [0.1, 0.15) is 5.60 Å². The zero-order valence-corrected chi connectivity index (χ0v) is 25.0. The molecule has 0 unspecified atom stereocenters. The number of aryl methyl sites for hydroxylation is 1. The first-order valence-corrected chi connectivity index (χ1v) is 15.2. The SMILES string of the molecule is Cn1cc(-c2cc3c(Nc4ccc5c(c4)CN(C(=O)OC(C)(C)C)CC5)c(F)cnc3n2S(=O)(=O)c2ccccc2)cn1. The standard InChI is InChI=1S/C31H31FN6O4S/c1-31(2,3)42-30(39)37-13-12-20-10-11-23(14-21(20)19-37)35-28-25-15-27(22-16-34-36(4)18-22)38(29(25)33-17-26(28)32)43(40,41)24-8-6-5-7-9-24/h5-11,14-18H,12-13,19H2,1-4H3,(H,33,35). The third-order valence-electron chi connectivity index (χ3n) is 7.16. The molecular formula is C31H31FN6O4S. The fourth-order valence-corrected chi connectivity index (χ4v) is 6.69. The van der Waals surface area contributed by atoms with Gasteiger partial charge in [0.05, 0.1) is 28.7 Å². The minimum Gasteiger partial charge on any atom is -0.444 e. The van der Waals surface area contributed by atoms with Crippen molar-refractivity contribution in [3.63, 3.8) is 0 Å². The number of benzene rings is 2. The first-order valence-electron chi connectivity index (χ1n) is 13.8. The van der Waals surface area contributed by atoms with E-state index in [-0.39, 0.29) is 27.7 Å². The zero-order valence-electron chi connectivity index (χ0n) is 24.2. The molecule has 0 atom stereocenters. The minimum absolute atomic E-state index is 0.0701. The number of halogens is 1. The highest BCUT2D eigenvalue weighted by atomic mass is 32.2. The van der Waals surface area contributed by atoms with Crippen molar-refractivity contribution in [1.82, 2.24) is 23.6 Å². The molecule has 222 valence electrons. The van der Waals surface area contributed by atoms with Crippen molar-refractivity contribution in [2.45, 2.75) is 44.2 Å². The molecule has 12 heteroatoms. The average molecular weight is 603 g/mol. The number of ether oxygens (including phenoxy) is 1. The zero-order chi connectivity index (χ0) is 30.5. The molecule has 2 aromatic carbocycles. The number of carbonyl (C=O) groups is 1. The van der Waals surface area contributed by atoms with Crippen molar-refractivity contribution in [3.05, 3.63) is 90.1 Å². The number of amides is 1. The second-order valence-electron chi connectivity index (χ2n) is 11.5. The van der Waals surface area contributed by atoms with Crippen molar-refractivity contribution in [2.24, 2.45) is 7.05 Å². The van der Waals surface area contributed by atoms with Gasteiger partial charge in [0.2, 0.25) is 0 Å². The van der Waals surface area contributed by atoms with E-state index < -0.39 is 21.4 Å². The van der Waals surface area contributed by atoms with Crippen LogP contribution in [0.1, 0.15) is 31.9 Å². The summed E-state index contributed by atoms with van der Waals surface area (Å²) in [6, 6.07) is 15.3. The Bertz CT molecular complexity index is 1960. The predicted molar refractivity (Wildman–Crippen MR) is 161 cm³/mol. The normalized spacial score (nSPS) is 13.7. The molecule has 0 saturated heterocycles. The van der Waals surface area contributed by atoms with Gasteiger partial charge in [0.25, 0.3) is 10.0 Å². The van der Waals surface area contributed by atoms with Crippen molar-refractivity contribution in [1.29, 1.82) is 0 Å². The Kier molecular flexibility index (Phi) is 6.96. The van der Waals surface area contributed by atoms with Crippen LogP contribution < -0.4 is 5.32 Å². The number of anilines is 2. The number of carbonyl (C=O) groups excluding carboxylic acids is 1. The Balaban J connectivity index is 1.42. The van der Waals surface area contributed by atoms with E-state index in [1.54, 1.807) is 53.3 Å². The van der Waals surface area contributed by atoms with Gasteiger partial charge in [-0.2, -0.15) is 5.10 Å². The summed E-state index contributed by atoms with van der Waals surface area (Å²) in [6.45, 7) is 6.37. The monoisotopic (exact) mass is 602 g/mol. The number of pyridine rings is 1. The topological polar surface area (TPSA) is 111 Å². The first kappa shape index (κ1) is 28.4. The van der Waals surface area contributed by atoms with Crippen LogP contribution in [0, 0.1) is 5.82 Å². The summed E-state index contributed by atoms with van der Waals surface area (Å²) in [7, 11) is -2.39. The molecule has 0 bridgehead atoms. The van der Waals surface area contributed by atoms with Crippen molar-refractivity contribution >= 4 is 38.5 Å². The molecule has 1 N–H and O–H groups in total. The highest BCUT2D eigenvalue weighted by Crippen LogP contribution is 2.37. The number of fused-ring (bicyclic) bond motifs is 2. The lowest BCUT2D eigenvalue weighted by molar-refractivity contribution is 0.0224. The third kappa shape index (κ3) is 5.45. The van der Waals surface area contributed by atoms with E-state index in [2.05, 4.69) is 15.4 Å². The number of aromatic nitrogens is 4. The molecule has 3 aromatic heterocycles. The molecule has 43 heavy (non-hydrogen) atoms. The summed E-state index contributed by atoms with van der Waals surface area (Å²) in [4.78, 5) is 18.7. The van der Waals surface area contributed by atoms with Crippen LogP contribution >= 0.6 is 0 Å². The second kappa shape index (κ2) is 10.5. The molecule has 1 amide bonds. The maximum atomic E-state index is 15.5. The van der Waals surface area contributed by atoms with E-state index in [4.69, 9.17) is 4.74 Å². The summed E-state index contributed by atoms with van der Waals surface area (Å²) >= 11 is 0. The lowest BCUT2D eigenvalue weighted by Gasteiger charge is -2.31. The fourth-order valence-electron chi connectivity index (χ4n) is 5.18. The molecule has 0 saturated carbocycles. The maximum Gasteiger partial charge on any atom is 0.410 e. The van der Waals surface area contributed by atoms with Crippen LogP contribution in [0.3, 0.4) is 0 Å². The van der Waals surface area contributed by atoms with Crippen LogP contribution in [0.15, 0.2) is 78.1 Å². The van der Waals surface area contributed by atoms with E-state index in [1.807, 2.05) is 39.0 Å². The molecular weight excluding hydrogens is 571 g/mol. The molecule has 4 heterocycles. The van der Waals surface area contributed by atoms with E-state index in [0.29, 0.717) is 36.5 Å². The van der Waals surface area contributed by atoms with Crippen LogP contribution in [0.4, 0.5) is 20.6 Å². The highest BCUT2D eigenvalue weighted by molar-refractivity contribution is 7.90. The number of rotatable bonds is 5. The summed E-state index contributed by atoms with van der Waals surface area (Å²) in [5.74, 6) is -0.646. The molecule has 1 aliphatic rings. The number of nitrogens with one attached hydrogen (secondary N) is 1. The molecule has 0 aliphatic carbocycles. The number of hydrogen-bond acceptors (Lipinski definition) is 7. The largest absolute Gasteiger partial charge is 0.444 e. The summed E-state index contributed by atoms with van der Waals surface area (Å²) in [6.07, 6.45) is 4.53. The van der Waals surface area contributed by atoms with E-state index in [0.717, 1.165) is 21.3 Å². The van der Waals surface area contributed by atoms with Gasteiger partial charge in [-0.3, -0.25) is 4.68 Å². The maximum absolute atomic E-state index is 15.5. The van der Waals surface area contributed by atoms with Crippen molar-refractivity contribution < 1.29 is 22.3 Å². The van der Waals surface area contributed by atoms with Gasteiger partial charge < -0.3 is 15.0 Å². The van der Waals surface area contributed by atoms with Crippen LogP contribution in [0.25, 0.3) is 22.3 Å². The molecule has 0 radical (unpaired) electrons. The van der Waals surface area contributed by atoms with E-state index in [9.17, 15) is 13.2 Å². The Labute approximate surface area is 248 Å². The van der Waals surface area contributed by atoms with Gasteiger partial charge in [0.15, 0.2) is 11.5 Å². The third-order valence-corrected chi connectivity index (χ3v) is 8.88. The second-order valence-corrected chi connectivity index (χ2v) is 13.3. The highest BCUT2D eigenvalue weighted by Gasteiger charge is 2.29. The lowest BCUT2D eigenvalue weighted by atomic mass is 9.99. The van der Waals surface area contributed by atoms with Gasteiger partial charge in [-0.25, -0.2) is 26.6 Å². The van der Waals surface area contributed by atoms with E-state index in [1.165, 1.54) is 12.1 Å². The van der Waals surface area contributed by atoms with Crippen LogP contribution in [-0.2, 0) is 34.8 Å². The number of hydrogen-bond donors (Lipinski definition) is 1. The molecule has 1 aliphatic heterocycles. The van der Waals surface area contributed by atoms with Gasteiger partial charge in [-0.05, 0) is 68.7 Å². The quantitative estimate of drug-likeness (QED) is 0.269. The molecule has 0 spiro atoms. The van der Waals surface area contributed by atoms with Crippen LogP contribution in [-0.4, -0.2) is 50.3 Å². The van der Waals surface area contributed by atoms with Gasteiger partial charge in [0, 0.05) is 43.0 Å². The molecule has 6 rings (SSSR count). The van der Waals surface area contributed by atoms with Gasteiger partial charge in [-0.15, -0.1) is 0 Å². The molecule has 0 fully saturated rings. The molecule has 10 nitrogen and oxygen atoms in total. The number of nitrogens with zero attached hydrogens (tertiary/aromatic N) is 5. The predicted octanol–water partition coefficient (Wildman–Crippen LogP) is 5.85. The summed E-state index contributed by atoms with van der Waals surface area (Å²) in [5.41, 5.74) is 2.95. The van der Waals surface area contributed by atoms with Gasteiger partial charge >= 0.3 is 6.09 Å². The Morgan fingerprint density at radius 2 is 1.81 bits per heavy atom. The Hall–Kier alpha value is -4.71. The van der Waals surface area contributed by atoms with Crippen molar-refractivity contribution in [3.8, 4) is 11.3 Å². The Morgan fingerprint density at radius 3 is 2.51 bits per heavy atom. The van der Waals surface area contributed by atoms with Gasteiger partial charge in [-0.1, -0.05) is 24.3 Å². The minimum atomic E-state index is -4.12. The summed E-state index contributed by atoms with van der Waals surface area (Å²) in [5, 5.41) is 7.65. The molecule has 5 aromatic rings. The van der Waals surface area contributed by atoms with Crippen LogP contribution in [0.5, 0.6) is 0 Å². The first-order chi connectivity index (χ1) is 20.4. The summed E-state index contributed by atoms with van der Waals surface area (Å²) < 4.78 is 51.6. The van der Waals surface area contributed by atoms with E-state index >= 15 is 4.39 Å². The smallest absolute Gasteiger partial charge is 0.410 e. The lowest BCUT2D eigenvalue weighted by Crippen LogP contribution is -2.39.